The summed E-state index contributed by atoms with van der Waals surface area (Å²) in [5, 5.41) is -0.187. The third-order valence-corrected chi connectivity index (χ3v) is 5.34. The Morgan fingerprint density at radius 2 is 1.79 bits per heavy atom. The summed E-state index contributed by atoms with van der Waals surface area (Å²) >= 11 is 5.87. The predicted molar refractivity (Wildman–Crippen MR) is 93.9 cm³/mol. The number of ether oxygens (including phenoxy) is 1. The third-order valence-electron chi connectivity index (χ3n) is 3.49. The van der Waals surface area contributed by atoms with Crippen molar-refractivity contribution < 1.29 is 17.5 Å². The lowest BCUT2D eigenvalue weighted by molar-refractivity contribution is 0.416. The van der Waals surface area contributed by atoms with E-state index in [4.69, 9.17) is 16.3 Å². The Kier molecular flexibility index (Phi) is 5.11. The highest BCUT2D eigenvalue weighted by Gasteiger charge is 2.22. The fraction of sp³-hybridized carbons (Fsp3) is 0.294. The van der Waals surface area contributed by atoms with Crippen LogP contribution in [-0.2, 0) is 15.4 Å². The molecule has 0 spiro atoms. The lowest BCUT2D eigenvalue weighted by atomic mass is 9.87. The zero-order valence-electron chi connectivity index (χ0n) is 13.9. The van der Waals surface area contributed by atoms with E-state index in [9.17, 15) is 12.8 Å². The molecule has 24 heavy (non-hydrogen) atoms. The van der Waals surface area contributed by atoms with Crippen molar-refractivity contribution in [2.24, 2.45) is 0 Å². The van der Waals surface area contributed by atoms with Crippen molar-refractivity contribution in [1.82, 2.24) is 0 Å². The minimum Gasteiger partial charge on any atom is -0.495 e. The van der Waals surface area contributed by atoms with E-state index in [1.165, 1.54) is 7.11 Å². The van der Waals surface area contributed by atoms with Crippen LogP contribution in [0.4, 0.5) is 10.1 Å². The van der Waals surface area contributed by atoms with E-state index in [0.717, 1.165) is 23.8 Å². The highest BCUT2D eigenvalue weighted by Crippen LogP contribution is 2.33. The monoisotopic (exact) mass is 371 g/mol. The minimum absolute atomic E-state index is 0.167. The van der Waals surface area contributed by atoms with Gasteiger partial charge in [-0.25, -0.2) is 12.8 Å². The molecule has 7 heteroatoms. The zero-order valence-corrected chi connectivity index (χ0v) is 15.4. The fourth-order valence-electron chi connectivity index (χ4n) is 2.15. The number of halogens is 2. The van der Waals surface area contributed by atoms with E-state index < -0.39 is 15.8 Å². The van der Waals surface area contributed by atoms with E-state index in [1.807, 2.05) is 26.8 Å². The Hall–Kier alpha value is -1.79. The van der Waals surface area contributed by atoms with Gasteiger partial charge in [0.25, 0.3) is 10.0 Å². The van der Waals surface area contributed by atoms with Gasteiger partial charge in [-0.15, -0.1) is 0 Å². The summed E-state index contributed by atoms with van der Waals surface area (Å²) in [6, 6.07) is 8.42. The highest BCUT2D eigenvalue weighted by molar-refractivity contribution is 7.92. The van der Waals surface area contributed by atoms with Gasteiger partial charge < -0.3 is 4.74 Å². The van der Waals surface area contributed by atoms with Gasteiger partial charge in [-0.3, -0.25) is 4.72 Å². The van der Waals surface area contributed by atoms with Gasteiger partial charge in [0.05, 0.1) is 17.8 Å². The molecule has 0 atom stereocenters. The molecule has 0 aliphatic heterocycles. The van der Waals surface area contributed by atoms with Crippen molar-refractivity contribution in [3.8, 4) is 5.75 Å². The summed E-state index contributed by atoms with van der Waals surface area (Å²) in [7, 11) is -2.53. The topological polar surface area (TPSA) is 55.4 Å². The van der Waals surface area contributed by atoms with Gasteiger partial charge in [-0.2, -0.15) is 0 Å². The summed E-state index contributed by atoms with van der Waals surface area (Å²) in [5.74, 6) is -0.226. The number of methoxy groups -OCH3 is 1. The normalized spacial score (nSPS) is 12.1. The average Bonchev–Trinajstić information content (AvgIpc) is 2.45. The molecule has 0 aliphatic rings. The molecule has 0 heterocycles. The molecule has 0 radical (unpaired) electrons. The van der Waals surface area contributed by atoms with Crippen molar-refractivity contribution in [2.45, 2.75) is 31.1 Å². The molecule has 2 rings (SSSR count). The maximum Gasteiger partial charge on any atom is 0.263 e. The number of nitrogens with one attached hydrogen (secondary N) is 1. The number of anilines is 1. The van der Waals surface area contributed by atoms with Crippen LogP contribution in [0.1, 0.15) is 26.3 Å². The zero-order chi connectivity index (χ0) is 18.1. The first-order valence-corrected chi connectivity index (χ1v) is 9.07. The lowest BCUT2D eigenvalue weighted by Gasteiger charge is -2.21. The number of sulfonamides is 1. The van der Waals surface area contributed by atoms with Crippen molar-refractivity contribution in [1.29, 1.82) is 0 Å². The minimum atomic E-state index is -3.98. The summed E-state index contributed by atoms with van der Waals surface area (Å²) in [6.45, 7) is 6.05. The van der Waals surface area contributed by atoms with Crippen LogP contribution in [0.25, 0.3) is 0 Å². The van der Waals surface area contributed by atoms with Gasteiger partial charge in [0.1, 0.15) is 16.5 Å². The van der Waals surface area contributed by atoms with Crippen LogP contribution in [0.2, 0.25) is 5.02 Å². The molecular weight excluding hydrogens is 353 g/mol. The summed E-state index contributed by atoms with van der Waals surface area (Å²) < 4.78 is 46.0. The molecule has 0 saturated heterocycles. The van der Waals surface area contributed by atoms with Crippen LogP contribution in [-0.4, -0.2) is 15.5 Å². The van der Waals surface area contributed by atoms with Crippen LogP contribution in [0.15, 0.2) is 41.3 Å². The number of benzene rings is 2. The second kappa shape index (κ2) is 6.61. The molecule has 0 saturated carbocycles. The van der Waals surface area contributed by atoms with E-state index >= 15 is 0 Å². The SMILES string of the molecule is COc1ccc(C(C)(C)C)cc1NS(=O)(=O)c1ccc(F)cc1Cl. The van der Waals surface area contributed by atoms with Gasteiger partial charge in [-0.1, -0.05) is 38.4 Å². The van der Waals surface area contributed by atoms with Gasteiger partial charge in [0, 0.05) is 0 Å². The molecule has 4 nitrogen and oxygen atoms in total. The largest absolute Gasteiger partial charge is 0.495 e. The van der Waals surface area contributed by atoms with Crippen molar-refractivity contribution in [2.75, 3.05) is 11.8 Å². The number of rotatable bonds is 4. The lowest BCUT2D eigenvalue weighted by Crippen LogP contribution is -2.16. The Balaban J connectivity index is 2.49. The fourth-order valence-corrected chi connectivity index (χ4v) is 3.74. The van der Waals surface area contributed by atoms with Crippen LogP contribution in [0.5, 0.6) is 5.75 Å². The van der Waals surface area contributed by atoms with Crippen molar-refractivity contribution in [3.63, 3.8) is 0 Å². The molecule has 2 aromatic rings. The standard InChI is InChI=1S/C17H19ClFNO3S/c1-17(2,3)11-5-7-15(23-4)14(9-11)20-24(21,22)16-8-6-12(19)10-13(16)18/h5-10,20H,1-4H3. The van der Waals surface area contributed by atoms with Crippen LogP contribution >= 0.6 is 11.6 Å². The second-order valence-corrected chi connectivity index (χ2v) is 8.40. The Morgan fingerprint density at radius 1 is 1.12 bits per heavy atom. The van der Waals surface area contributed by atoms with Crippen LogP contribution < -0.4 is 9.46 Å². The van der Waals surface area contributed by atoms with Crippen molar-refractivity contribution >= 4 is 27.3 Å². The van der Waals surface area contributed by atoms with E-state index in [0.29, 0.717) is 11.4 Å². The summed E-state index contributed by atoms with van der Waals surface area (Å²) in [6.07, 6.45) is 0. The van der Waals surface area contributed by atoms with Gasteiger partial charge in [0.15, 0.2) is 0 Å². The molecule has 0 unspecified atom stereocenters. The van der Waals surface area contributed by atoms with E-state index in [-0.39, 0.29) is 15.3 Å². The Labute approximate surface area is 146 Å². The number of hydrogen-bond donors (Lipinski definition) is 1. The van der Waals surface area contributed by atoms with Gasteiger partial charge in [-0.05, 0) is 41.3 Å². The van der Waals surface area contributed by atoms with E-state index in [1.54, 1.807) is 12.1 Å². The quantitative estimate of drug-likeness (QED) is 0.855. The van der Waals surface area contributed by atoms with Crippen LogP contribution in [0.3, 0.4) is 0 Å². The molecular formula is C17H19ClFNO3S. The maximum atomic E-state index is 13.1. The number of hydrogen-bond acceptors (Lipinski definition) is 3. The second-order valence-electron chi connectivity index (χ2n) is 6.35. The van der Waals surface area contributed by atoms with Crippen LogP contribution in [0, 0.1) is 5.82 Å². The Bertz CT molecular complexity index is 861. The Morgan fingerprint density at radius 3 is 2.33 bits per heavy atom. The predicted octanol–water partition coefficient (Wildman–Crippen LogP) is 4.59. The molecule has 0 amide bonds. The molecule has 0 fully saturated rings. The summed E-state index contributed by atoms with van der Waals surface area (Å²) in [4.78, 5) is -0.200. The molecule has 0 aliphatic carbocycles. The smallest absolute Gasteiger partial charge is 0.263 e. The first kappa shape index (κ1) is 18.5. The average molecular weight is 372 g/mol. The molecule has 1 N–H and O–H groups in total. The van der Waals surface area contributed by atoms with Gasteiger partial charge in [0.2, 0.25) is 0 Å². The molecule has 0 aromatic heterocycles. The third kappa shape index (κ3) is 3.99. The van der Waals surface area contributed by atoms with Crippen molar-refractivity contribution in [3.05, 3.63) is 52.8 Å². The molecule has 130 valence electrons. The molecule has 2 aromatic carbocycles. The van der Waals surface area contributed by atoms with E-state index in [2.05, 4.69) is 4.72 Å². The highest BCUT2D eigenvalue weighted by atomic mass is 35.5. The summed E-state index contributed by atoms with van der Waals surface area (Å²) in [5.41, 5.74) is 1.07. The first-order valence-electron chi connectivity index (χ1n) is 7.21. The molecule has 0 bridgehead atoms. The maximum absolute atomic E-state index is 13.1. The van der Waals surface area contributed by atoms with Gasteiger partial charge >= 0.3 is 0 Å². The first-order chi connectivity index (χ1) is 11.0.